The standard InChI is InChI=1S/C38H65N11O7P2/c50-36(15-5-2-8-21-47(25-27-57(51,52)53)26-28-58(54,55)56)48-23-16-32(17-24-48)42-37-34-13-6-7-14-35(34)43-38(44-37)41-29-33-30-49(46-45-33)22-10-19-39-18-9-20-40-31-11-3-1-4-12-31/h6-7,13-14,30-32,39-40H,1-5,8-12,15-29H2,(H2,51,52,53)(H2,54,55,56)(H2,41,42,43,44). The number of unbranched alkanes of at least 4 members (excludes halogenated alkanes) is 2. The number of nitrogens with one attached hydrogen (secondary N) is 4. The third-order valence-corrected chi connectivity index (χ3v) is 12.5. The predicted octanol–water partition coefficient (Wildman–Crippen LogP) is 3.75. The number of hydrogen-bond donors (Lipinski definition) is 8. The lowest BCUT2D eigenvalue weighted by atomic mass is 9.95. The molecule has 1 saturated carbocycles. The number of likely N-dealkylation sites (tertiary alicyclic amines) is 1. The molecule has 0 bridgehead atoms. The SMILES string of the molecule is O=C(CCCCCN(CCP(=O)(O)O)CCP(=O)(O)O)N1CCC(Nc2nc(NCc3cn(CCCNCCCNC4CCCCC4)nn3)nc3ccccc23)CC1. The van der Waals surface area contributed by atoms with Gasteiger partial charge in [-0.15, -0.1) is 5.10 Å². The van der Waals surface area contributed by atoms with E-state index in [1.807, 2.05) is 40.0 Å². The van der Waals surface area contributed by atoms with Crippen molar-refractivity contribution in [2.24, 2.45) is 0 Å². The molecule has 3 heterocycles. The molecule has 58 heavy (non-hydrogen) atoms. The van der Waals surface area contributed by atoms with E-state index in [4.69, 9.17) is 9.97 Å². The van der Waals surface area contributed by atoms with Crippen molar-refractivity contribution in [2.45, 2.75) is 109 Å². The molecule has 2 aliphatic rings. The highest BCUT2D eigenvalue weighted by atomic mass is 31.2. The summed E-state index contributed by atoms with van der Waals surface area (Å²) in [6.07, 6.45) is 14.1. The van der Waals surface area contributed by atoms with Crippen molar-refractivity contribution >= 4 is 43.8 Å². The van der Waals surface area contributed by atoms with Crippen LogP contribution >= 0.6 is 15.2 Å². The zero-order chi connectivity index (χ0) is 41.2. The van der Waals surface area contributed by atoms with E-state index in [1.165, 1.54) is 32.1 Å². The summed E-state index contributed by atoms with van der Waals surface area (Å²) < 4.78 is 24.5. The van der Waals surface area contributed by atoms with E-state index >= 15 is 0 Å². The molecular formula is C38H65N11O7P2. The highest BCUT2D eigenvalue weighted by Crippen LogP contribution is 2.36. The molecule has 3 aromatic rings. The van der Waals surface area contributed by atoms with Gasteiger partial charge in [-0.3, -0.25) is 18.6 Å². The van der Waals surface area contributed by atoms with Crippen LogP contribution in [0.1, 0.15) is 89.2 Å². The van der Waals surface area contributed by atoms with E-state index in [0.29, 0.717) is 57.4 Å². The van der Waals surface area contributed by atoms with Gasteiger partial charge in [-0.1, -0.05) is 43.0 Å². The molecule has 18 nitrogen and oxygen atoms in total. The number of hydrogen-bond acceptors (Lipinski definition) is 12. The average Bonchev–Trinajstić information content (AvgIpc) is 3.66. The number of anilines is 2. The number of para-hydroxylation sites is 1. The van der Waals surface area contributed by atoms with Crippen LogP contribution in [0.3, 0.4) is 0 Å². The first-order valence-electron chi connectivity index (χ1n) is 21.1. The van der Waals surface area contributed by atoms with Gasteiger partial charge in [0.1, 0.15) is 11.5 Å². The molecule has 2 fully saturated rings. The van der Waals surface area contributed by atoms with Gasteiger partial charge in [0.2, 0.25) is 11.9 Å². The Balaban J connectivity index is 0.991. The second kappa shape index (κ2) is 23.7. The Labute approximate surface area is 342 Å². The van der Waals surface area contributed by atoms with Crippen LogP contribution in [-0.2, 0) is 27.0 Å². The molecule has 1 saturated heterocycles. The van der Waals surface area contributed by atoms with Gasteiger partial charge in [0, 0.05) is 56.6 Å². The van der Waals surface area contributed by atoms with Gasteiger partial charge < -0.3 is 50.6 Å². The first kappa shape index (κ1) is 46.0. The van der Waals surface area contributed by atoms with Crippen LogP contribution in [0.2, 0.25) is 0 Å². The lowest BCUT2D eigenvalue weighted by Gasteiger charge is -2.33. The Hall–Kier alpha value is -3.05. The summed E-state index contributed by atoms with van der Waals surface area (Å²) in [5.41, 5.74) is 1.63. The van der Waals surface area contributed by atoms with Crippen LogP contribution in [0, 0.1) is 0 Å². The number of fused-ring (bicyclic) bond motifs is 1. The first-order valence-corrected chi connectivity index (χ1v) is 24.7. The molecule has 0 radical (unpaired) electrons. The van der Waals surface area contributed by atoms with E-state index in [2.05, 4.69) is 31.6 Å². The van der Waals surface area contributed by atoms with Crippen molar-refractivity contribution in [1.82, 2.24) is 45.4 Å². The maximum absolute atomic E-state index is 13.0. The lowest BCUT2D eigenvalue weighted by molar-refractivity contribution is -0.132. The van der Waals surface area contributed by atoms with Crippen LogP contribution < -0.4 is 21.3 Å². The van der Waals surface area contributed by atoms with Crippen molar-refractivity contribution in [1.29, 1.82) is 0 Å². The summed E-state index contributed by atoms with van der Waals surface area (Å²) in [5, 5.41) is 23.8. The van der Waals surface area contributed by atoms with Crippen LogP contribution in [-0.4, -0.2) is 137 Å². The van der Waals surface area contributed by atoms with Crippen molar-refractivity contribution in [3.8, 4) is 0 Å². The molecule has 2 aromatic heterocycles. The fourth-order valence-corrected chi connectivity index (χ4v) is 8.66. The number of aryl methyl sites for hydroxylation is 1. The number of rotatable bonds is 26. The van der Waals surface area contributed by atoms with Crippen molar-refractivity contribution in [3.05, 3.63) is 36.2 Å². The fourth-order valence-electron chi connectivity index (χ4n) is 7.57. The summed E-state index contributed by atoms with van der Waals surface area (Å²) in [7, 11) is -8.45. The summed E-state index contributed by atoms with van der Waals surface area (Å²) in [6.45, 7) is 6.08. The van der Waals surface area contributed by atoms with E-state index in [0.717, 1.165) is 80.7 Å². The molecule has 0 atom stereocenters. The molecule has 20 heteroatoms. The zero-order valence-corrected chi connectivity index (χ0v) is 35.5. The molecular weight excluding hydrogens is 784 g/mol. The maximum atomic E-state index is 13.0. The topological polar surface area (TPSA) is 243 Å². The number of benzene rings is 1. The van der Waals surface area contributed by atoms with Crippen molar-refractivity contribution in [3.63, 3.8) is 0 Å². The Morgan fingerprint density at radius 1 is 0.810 bits per heavy atom. The number of carbonyl (C=O) groups is 1. The minimum absolute atomic E-state index is 0.0517. The van der Waals surface area contributed by atoms with Gasteiger partial charge in [-0.2, -0.15) is 4.98 Å². The first-order chi connectivity index (χ1) is 27.9. The highest BCUT2D eigenvalue weighted by Gasteiger charge is 2.24. The number of nitrogens with zero attached hydrogens (tertiary/aromatic N) is 7. The fraction of sp³-hybridized carbons (Fsp3) is 0.711. The maximum Gasteiger partial charge on any atom is 0.326 e. The van der Waals surface area contributed by atoms with E-state index in [-0.39, 0.29) is 37.4 Å². The second-order valence-electron chi connectivity index (χ2n) is 15.7. The van der Waals surface area contributed by atoms with Crippen LogP contribution in [0.15, 0.2) is 30.5 Å². The summed E-state index contributed by atoms with van der Waals surface area (Å²) in [6, 6.07) is 8.75. The average molecular weight is 850 g/mol. The summed E-state index contributed by atoms with van der Waals surface area (Å²) in [5.74, 6) is 1.34. The van der Waals surface area contributed by atoms with Gasteiger partial charge in [0.05, 0.1) is 30.6 Å². The molecule has 1 aliphatic carbocycles. The molecule has 0 unspecified atom stereocenters. The van der Waals surface area contributed by atoms with Crippen LogP contribution in [0.5, 0.6) is 0 Å². The molecule has 1 amide bonds. The quantitative estimate of drug-likeness (QED) is 0.0424. The van der Waals surface area contributed by atoms with Gasteiger partial charge in [0.15, 0.2) is 0 Å². The number of piperidine rings is 1. The Kier molecular flexibility index (Phi) is 18.8. The van der Waals surface area contributed by atoms with Gasteiger partial charge in [-0.25, -0.2) is 4.98 Å². The predicted molar refractivity (Wildman–Crippen MR) is 226 cm³/mol. The molecule has 324 valence electrons. The largest absolute Gasteiger partial charge is 0.367 e. The Morgan fingerprint density at radius 3 is 2.28 bits per heavy atom. The minimum Gasteiger partial charge on any atom is -0.367 e. The van der Waals surface area contributed by atoms with Crippen molar-refractivity contribution < 1.29 is 33.5 Å². The van der Waals surface area contributed by atoms with Crippen LogP contribution in [0.4, 0.5) is 11.8 Å². The van der Waals surface area contributed by atoms with Gasteiger partial charge in [0.25, 0.3) is 0 Å². The second-order valence-corrected chi connectivity index (χ2v) is 19.3. The Morgan fingerprint density at radius 2 is 1.53 bits per heavy atom. The third kappa shape index (κ3) is 17.3. The monoisotopic (exact) mass is 849 g/mol. The highest BCUT2D eigenvalue weighted by molar-refractivity contribution is 7.52. The summed E-state index contributed by atoms with van der Waals surface area (Å²) in [4.78, 5) is 63.1. The van der Waals surface area contributed by atoms with E-state index < -0.39 is 15.2 Å². The van der Waals surface area contributed by atoms with Crippen molar-refractivity contribution in [2.75, 3.05) is 75.3 Å². The smallest absolute Gasteiger partial charge is 0.326 e. The van der Waals surface area contributed by atoms with E-state index in [9.17, 15) is 33.5 Å². The normalized spacial score (nSPS) is 16.1. The summed E-state index contributed by atoms with van der Waals surface area (Å²) >= 11 is 0. The van der Waals surface area contributed by atoms with Gasteiger partial charge in [-0.05, 0) is 89.7 Å². The Bertz CT molecular complexity index is 1750. The lowest BCUT2D eigenvalue weighted by Crippen LogP contribution is -2.42. The molecule has 0 spiro atoms. The van der Waals surface area contributed by atoms with E-state index in [1.54, 1.807) is 4.90 Å². The minimum atomic E-state index is -4.22. The third-order valence-electron chi connectivity index (χ3n) is 10.9. The molecule has 5 rings (SSSR count). The molecule has 1 aliphatic heterocycles. The number of carbonyl (C=O) groups excluding carboxylic acids is 1. The molecule has 1 aromatic carbocycles. The number of amides is 1. The molecule has 8 N–H and O–H groups in total. The van der Waals surface area contributed by atoms with Gasteiger partial charge >= 0.3 is 15.2 Å². The van der Waals surface area contributed by atoms with Crippen LogP contribution in [0.25, 0.3) is 10.9 Å². The number of aromatic nitrogens is 5. The zero-order valence-electron chi connectivity index (χ0n) is 33.8.